The van der Waals surface area contributed by atoms with Crippen LogP contribution in [0.1, 0.15) is 30.4 Å². The molecule has 6 nitrogen and oxygen atoms in total. The molecule has 1 saturated carbocycles. The van der Waals surface area contributed by atoms with Gasteiger partial charge >= 0.3 is 0 Å². The van der Waals surface area contributed by atoms with Crippen LogP contribution >= 0.6 is 23.1 Å². The van der Waals surface area contributed by atoms with Crippen LogP contribution in [0.4, 0.5) is 0 Å². The Morgan fingerprint density at radius 2 is 2.00 bits per heavy atom. The zero-order valence-corrected chi connectivity index (χ0v) is 15.4. The zero-order chi connectivity index (χ0) is 17.3. The lowest BCUT2D eigenvalue weighted by atomic mass is 10.3. The second kappa shape index (κ2) is 6.69. The van der Waals surface area contributed by atoms with Gasteiger partial charge < -0.3 is 4.52 Å². The molecular weight excluding hydrogens is 366 g/mol. The highest BCUT2D eigenvalue weighted by Crippen LogP contribution is 2.40. The van der Waals surface area contributed by atoms with Crippen molar-refractivity contribution in [1.29, 1.82) is 0 Å². The SMILES string of the molecule is c1ccc(-n2nc(SCc3noc(-c4cccs4)n3)nc2C2CC2)cc1. The lowest BCUT2D eigenvalue weighted by Crippen LogP contribution is -2.01. The lowest BCUT2D eigenvalue weighted by Gasteiger charge is -2.03. The fourth-order valence-corrected chi connectivity index (χ4v) is 3.99. The topological polar surface area (TPSA) is 69.6 Å². The summed E-state index contributed by atoms with van der Waals surface area (Å²) < 4.78 is 7.30. The molecule has 4 aromatic rings. The van der Waals surface area contributed by atoms with E-state index < -0.39 is 0 Å². The minimum absolute atomic E-state index is 0.521. The predicted molar refractivity (Wildman–Crippen MR) is 101 cm³/mol. The first-order chi connectivity index (χ1) is 12.9. The Morgan fingerprint density at radius 1 is 1.12 bits per heavy atom. The first-order valence-corrected chi connectivity index (χ1v) is 10.2. The van der Waals surface area contributed by atoms with Crippen molar-refractivity contribution < 1.29 is 4.52 Å². The highest BCUT2D eigenvalue weighted by molar-refractivity contribution is 7.98. The van der Waals surface area contributed by atoms with Crippen molar-refractivity contribution in [3.63, 3.8) is 0 Å². The third kappa shape index (κ3) is 3.17. The third-order valence-corrected chi connectivity index (χ3v) is 5.78. The number of hydrogen-bond donors (Lipinski definition) is 0. The zero-order valence-electron chi connectivity index (χ0n) is 13.8. The smallest absolute Gasteiger partial charge is 0.268 e. The maximum absolute atomic E-state index is 5.33. The molecule has 0 N–H and O–H groups in total. The number of aromatic nitrogens is 5. The van der Waals surface area contributed by atoms with Crippen molar-refractivity contribution in [2.45, 2.75) is 29.7 Å². The van der Waals surface area contributed by atoms with Gasteiger partial charge in [-0.2, -0.15) is 4.98 Å². The number of thiophene rings is 1. The summed E-state index contributed by atoms with van der Waals surface area (Å²) in [5.41, 5.74) is 1.05. The molecule has 0 atom stereocenters. The van der Waals surface area contributed by atoms with Gasteiger partial charge in [-0.05, 0) is 36.4 Å². The molecule has 130 valence electrons. The monoisotopic (exact) mass is 381 g/mol. The van der Waals surface area contributed by atoms with E-state index in [4.69, 9.17) is 14.6 Å². The molecule has 0 amide bonds. The molecule has 0 saturated heterocycles. The molecule has 0 aliphatic heterocycles. The molecule has 1 aromatic carbocycles. The van der Waals surface area contributed by atoms with Gasteiger partial charge in [0.25, 0.3) is 5.89 Å². The molecule has 3 heterocycles. The number of rotatable bonds is 6. The molecule has 1 fully saturated rings. The Morgan fingerprint density at radius 3 is 2.77 bits per heavy atom. The molecule has 0 unspecified atom stereocenters. The molecular formula is C18H15N5OS2. The molecule has 5 rings (SSSR count). The first kappa shape index (κ1) is 15.8. The van der Waals surface area contributed by atoms with Crippen molar-refractivity contribution in [3.8, 4) is 16.5 Å². The molecule has 8 heteroatoms. The van der Waals surface area contributed by atoms with Gasteiger partial charge in [0, 0.05) is 5.92 Å². The van der Waals surface area contributed by atoms with Crippen LogP contribution < -0.4 is 0 Å². The lowest BCUT2D eigenvalue weighted by molar-refractivity contribution is 0.426. The molecule has 0 spiro atoms. The average Bonchev–Trinajstić information content (AvgIpc) is 3.09. The van der Waals surface area contributed by atoms with Gasteiger partial charge in [0.1, 0.15) is 5.82 Å². The Kier molecular flexibility index (Phi) is 4.06. The molecule has 26 heavy (non-hydrogen) atoms. The molecule has 0 radical (unpaired) electrons. The molecule has 1 aliphatic carbocycles. The van der Waals surface area contributed by atoms with Crippen LogP contribution in [0.3, 0.4) is 0 Å². The largest absolute Gasteiger partial charge is 0.333 e. The van der Waals surface area contributed by atoms with Gasteiger partial charge in [0.15, 0.2) is 5.82 Å². The van der Waals surface area contributed by atoms with Crippen molar-refractivity contribution in [2.75, 3.05) is 0 Å². The van der Waals surface area contributed by atoms with E-state index in [1.807, 2.05) is 40.4 Å². The second-order valence-corrected chi connectivity index (χ2v) is 7.95. The Hall–Kier alpha value is -2.45. The number of thioether (sulfide) groups is 1. The van der Waals surface area contributed by atoms with Gasteiger partial charge in [0.05, 0.1) is 16.3 Å². The Balaban J connectivity index is 1.35. The number of nitrogens with zero attached hydrogens (tertiary/aromatic N) is 5. The summed E-state index contributed by atoms with van der Waals surface area (Å²) in [4.78, 5) is 10.2. The molecule has 3 aromatic heterocycles. The van der Waals surface area contributed by atoms with Gasteiger partial charge in [-0.1, -0.05) is 41.2 Å². The van der Waals surface area contributed by atoms with Crippen LogP contribution in [0.2, 0.25) is 0 Å². The van der Waals surface area contributed by atoms with E-state index in [-0.39, 0.29) is 0 Å². The van der Waals surface area contributed by atoms with E-state index in [0.717, 1.165) is 21.5 Å². The third-order valence-electron chi connectivity index (χ3n) is 4.09. The van der Waals surface area contributed by atoms with Gasteiger partial charge in [-0.25, -0.2) is 9.67 Å². The standard InChI is InChI=1S/C18H15N5OS2/c1-2-5-13(6-3-1)23-16(12-8-9-12)20-18(21-23)26-11-15-19-17(24-22-15)14-7-4-10-25-14/h1-7,10,12H,8-9,11H2. The van der Waals surface area contributed by atoms with E-state index in [2.05, 4.69) is 22.3 Å². The molecule has 1 aliphatic rings. The number of para-hydroxylation sites is 1. The average molecular weight is 381 g/mol. The summed E-state index contributed by atoms with van der Waals surface area (Å²) >= 11 is 3.12. The van der Waals surface area contributed by atoms with Crippen LogP contribution in [0.5, 0.6) is 0 Å². The van der Waals surface area contributed by atoms with Crippen LogP contribution in [0.25, 0.3) is 16.5 Å². The Labute approximate surface area is 158 Å². The summed E-state index contributed by atoms with van der Waals surface area (Å²) in [6, 6.07) is 14.1. The summed E-state index contributed by atoms with van der Waals surface area (Å²) in [6.45, 7) is 0. The quantitative estimate of drug-likeness (QED) is 0.456. The molecule has 0 bridgehead atoms. The van der Waals surface area contributed by atoms with Crippen LogP contribution in [0, 0.1) is 0 Å². The summed E-state index contributed by atoms with van der Waals surface area (Å²) in [7, 11) is 0. The summed E-state index contributed by atoms with van der Waals surface area (Å²) in [5.74, 6) is 3.37. The maximum atomic E-state index is 5.33. The fraction of sp³-hybridized carbons (Fsp3) is 0.222. The Bertz CT molecular complexity index is 1010. The number of benzene rings is 1. The highest BCUT2D eigenvalue weighted by atomic mass is 32.2. The van der Waals surface area contributed by atoms with Gasteiger partial charge in [-0.3, -0.25) is 0 Å². The van der Waals surface area contributed by atoms with Gasteiger partial charge in [0.2, 0.25) is 5.16 Å². The summed E-state index contributed by atoms with van der Waals surface area (Å²) in [5, 5.41) is 11.5. The van der Waals surface area contributed by atoms with Gasteiger partial charge in [-0.15, -0.1) is 16.4 Å². The van der Waals surface area contributed by atoms with E-state index in [9.17, 15) is 0 Å². The minimum atomic E-state index is 0.521. The highest BCUT2D eigenvalue weighted by Gasteiger charge is 2.30. The van der Waals surface area contributed by atoms with Crippen molar-refractivity contribution >= 4 is 23.1 Å². The van der Waals surface area contributed by atoms with Crippen molar-refractivity contribution in [1.82, 2.24) is 24.9 Å². The van der Waals surface area contributed by atoms with Crippen molar-refractivity contribution in [3.05, 3.63) is 59.5 Å². The predicted octanol–water partition coefficient (Wildman–Crippen LogP) is 4.55. The van der Waals surface area contributed by atoms with E-state index in [1.165, 1.54) is 24.6 Å². The summed E-state index contributed by atoms with van der Waals surface area (Å²) in [6.07, 6.45) is 2.37. The van der Waals surface area contributed by atoms with E-state index in [0.29, 0.717) is 23.4 Å². The normalized spacial score (nSPS) is 14.0. The number of hydrogen-bond acceptors (Lipinski definition) is 7. The van der Waals surface area contributed by atoms with Crippen molar-refractivity contribution in [2.24, 2.45) is 0 Å². The first-order valence-electron chi connectivity index (χ1n) is 8.38. The van der Waals surface area contributed by atoms with Crippen LogP contribution in [0.15, 0.2) is 57.5 Å². The maximum Gasteiger partial charge on any atom is 0.268 e. The minimum Gasteiger partial charge on any atom is -0.333 e. The van der Waals surface area contributed by atoms with E-state index in [1.54, 1.807) is 11.3 Å². The second-order valence-electron chi connectivity index (χ2n) is 6.06. The fourth-order valence-electron chi connectivity index (χ4n) is 2.67. The van der Waals surface area contributed by atoms with Crippen LogP contribution in [-0.4, -0.2) is 24.9 Å². The van der Waals surface area contributed by atoms with E-state index >= 15 is 0 Å². The van der Waals surface area contributed by atoms with Crippen LogP contribution in [-0.2, 0) is 5.75 Å².